The summed E-state index contributed by atoms with van der Waals surface area (Å²) in [6.07, 6.45) is 3.41. The lowest BCUT2D eigenvalue weighted by molar-refractivity contribution is -0.154. The van der Waals surface area contributed by atoms with Crippen LogP contribution in [0.25, 0.3) is 0 Å². The molecule has 1 spiro atoms. The number of para-hydroxylation sites is 1. The van der Waals surface area contributed by atoms with Crippen LogP contribution in [0.3, 0.4) is 0 Å². The number of carbonyl (C=O) groups is 1. The second kappa shape index (κ2) is 4.87. The van der Waals surface area contributed by atoms with Crippen LogP contribution in [0, 0.1) is 5.82 Å². The summed E-state index contributed by atoms with van der Waals surface area (Å²) in [5, 5.41) is 11.8. The fourth-order valence-electron chi connectivity index (χ4n) is 3.22. The average molecular weight is 294 g/mol. The second-order valence-electron chi connectivity index (χ2n) is 5.87. The van der Waals surface area contributed by atoms with E-state index in [0.717, 1.165) is 24.3 Å². The van der Waals surface area contributed by atoms with E-state index < -0.39 is 23.2 Å². The SMILES string of the molecule is CC1(O)N(Nc2ccccc2F)C(=O)OC12CCCCC2. The molecule has 1 atom stereocenters. The van der Waals surface area contributed by atoms with E-state index >= 15 is 0 Å². The predicted octanol–water partition coefficient (Wildman–Crippen LogP) is 3.02. The van der Waals surface area contributed by atoms with Crippen LogP contribution in [0.5, 0.6) is 0 Å². The van der Waals surface area contributed by atoms with Gasteiger partial charge in [-0.2, -0.15) is 5.01 Å². The number of amides is 1. The molecule has 0 radical (unpaired) electrons. The largest absolute Gasteiger partial charge is 0.436 e. The average Bonchev–Trinajstić information content (AvgIpc) is 2.62. The summed E-state index contributed by atoms with van der Waals surface area (Å²) in [7, 11) is 0. The Kier molecular flexibility index (Phi) is 3.28. The Morgan fingerprint density at radius 3 is 2.62 bits per heavy atom. The van der Waals surface area contributed by atoms with Gasteiger partial charge in [-0.25, -0.2) is 9.18 Å². The zero-order chi connectivity index (χ0) is 15.1. The van der Waals surface area contributed by atoms with Crippen molar-refractivity contribution in [3.63, 3.8) is 0 Å². The number of hydrogen-bond acceptors (Lipinski definition) is 4. The molecule has 3 rings (SSSR count). The number of anilines is 1. The smallest absolute Gasteiger partial charge is 0.432 e. The molecule has 0 aromatic heterocycles. The van der Waals surface area contributed by atoms with Gasteiger partial charge in [0.25, 0.3) is 0 Å². The number of ether oxygens (including phenoxy) is 1. The topological polar surface area (TPSA) is 61.8 Å². The highest BCUT2D eigenvalue weighted by Gasteiger charge is 2.62. The first kappa shape index (κ1) is 14.1. The molecule has 1 aromatic carbocycles. The summed E-state index contributed by atoms with van der Waals surface area (Å²) in [6, 6.07) is 6.00. The van der Waals surface area contributed by atoms with Crippen molar-refractivity contribution in [1.82, 2.24) is 5.01 Å². The summed E-state index contributed by atoms with van der Waals surface area (Å²) in [5.74, 6) is -0.495. The van der Waals surface area contributed by atoms with E-state index in [0.29, 0.717) is 12.8 Å². The first-order valence-corrected chi connectivity index (χ1v) is 7.23. The molecule has 21 heavy (non-hydrogen) atoms. The van der Waals surface area contributed by atoms with Crippen molar-refractivity contribution >= 4 is 11.8 Å². The van der Waals surface area contributed by atoms with Crippen LogP contribution in [-0.2, 0) is 4.74 Å². The molecule has 0 bridgehead atoms. The second-order valence-corrected chi connectivity index (χ2v) is 5.87. The van der Waals surface area contributed by atoms with Crippen molar-refractivity contribution < 1.29 is 19.0 Å². The van der Waals surface area contributed by atoms with Crippen molar-refractivity contribution in [3.8, 4) is 0 Å². The minimum Gasteiger partial charge on any atom is -0.436 e. The normalized spacial score (nSPS) is 27.8. The standard InChI is InChI=1S/C15H19FN2O3/c1-14(20)15(9-5-2-6-10-15)21-13(19)18(14)17-12-8-4-3-7-11(12)16/h3-4,7-8,17,20H,2,5-6,9-10H2,1H3. The maximum absolute atomic E-state index is 13.7. The minimum absolute atomic E-state index is 0.127. The highest BCUT2D eigenvalue weighted by atomic mass is 19.1. The molecule has 2 aliphatic rings. The third kappa shape index (κ3) is 2.14. The molecule has 1 amide bonds. The molecule has 5 nitrogen and oxygen atoms in total. The Morgan fingerprint density at radius 1 is 1.29 bits per heavy atom. The number of benzene rings is 1. The quantitative estimate of drug-likeness (QED) is 0.880. The third-order valence-electron chi connectivity index (χ3n) is 4.53. The van der Waals surface area contributed by atoms with Crippen molar-refractivity contribution in [3.05, 3.63) is 30.1 Å². The van der Waals surface area contributed by atoms with E-state index in [2.05, 4.69) is 5.43 Å². The lowest BCUT2D eigenvalue weighted by Crippen LogP contribution is -2.58. The van der Waals surface area contributed by atoms with Gasteiger partial charge in [0.15, 0.2) is 11.3 Å². The molecular formula is C15H19FN2O3. The van der Waals surface area contributed by atoms with Crippen LogP contribution < -0.4 is 5.43 Å². The molecule has 6 heteroatoms. The molecule has 1 heterocycles. The number of nitrogens with one attached hydrogen (secondary N) is 1. The number of hydrazine groups is 1. The van der Waals surface area contributed by atoms with Gasteiger partial charge >= 0.3 is 6.09 Å². The number of nitrogens with zero attached hydrogens (tertiary/aromatic N) is 1. The maximum Gasteiger partial charge on any atom is 0.432 e. The van der Waals surface area contributed by atoms with Crippen molar-refractivity contribution in [2.75, 3.05) is 5.43 Å². The first-order chi connectivity index (χ1) is 9.96. The Morgan fingerprint density at radius 2 is 1.95 bits per heavy atom. The lowest BCUT2D eigenvalue weighted by Gasteiger charge is -2.41. The van der Waals surface area contributed by atoms with Gasteiger partial charge in [0.2, 0.25) is 0 Å². The molecule has 1 saturated carbocycles. The van der Waals surface area contributed by atoms with E-state index in [1.54, 1.807) is 12.1 Å². The van der Waals surface area contributed by atoms with Crippen molar-refractivity contribution in [1.29, 1.82) is 0 Å². The number of rotatable bonds is 2. The van der Waals surface area contributed by atoms with Gasteiger partial charge in [0, 0.05) is 0 Å². The van der Waals surface area contributed by atoms with Gasteiger partial charge in [0.1, 0.15) is 5.82 Å². The highest BCUT2D eigenvalue weighted by Crippen LogP contribution is 2.46. The Bertz CT molecular complexity index is 556. The Hall–Kier alpha value is -1.82. The van der Waals surface area contributed by atoms with Gasteiger partial charge in [-0.3, -0.25) is 5.43 Å². The van der Waals surface area contributed by atoms with Gasteiger partial charge < -0.3 is 9.84 Å². The molecule has 2 fully saturated rings. The first-order valence-electron chi connectivity index (χ1n) is 7.23. The molecule has 1 aliphatic carbocycles. The van der Waals surface area contributed by atoms with Gasteiger partial charge in [-0.05, 0) is 44.7 Å². The highest BCUT2D eigenvalue weighted by molar-refractivity contribution is 5.74. The molecule has 1 aromatic rings. The summed E-state index contributed by atoms with van der Waals surface area (Å²) in [5.41, 5.74) is 0.345. The fourth-order valence-corrected chi connectivity index (χ4v) is 3.22. The van der Waals surface area contributed by atoms with E-state index in [9.17, 15) is 14.3 Å². The van der Waals surface area contributed by atoms with Crippen molar-refractivity contribution in [2.45, 2.75) is 50.4 Å². The molecular weight excluding hydrogens is 275 g/mol. The summed E-state index contributed by atoms with van der Waals surface area (Å²) < 4.78 is 19.2. The van der Waals surface area contributed by atoms with Gasteiger partial charge in [-0.1, -0.05) is 18.6 Å². The number of carbonyl (C=O) groups excluding carboxylic acids is 1. The third-order valence-corrected chi connectivity index (χ3v) is 4.53. The maximum atomic E-state index is 13.7. The lowest BCUT2D eigenvalue weighted by atomic mass is 9.78. The van der Waals surface area contributed by atoms with E-state index in [1.807, 2.05) is 0 Å². The van der Waals surface area contributed by atoms with E-state index in [-0.39, 0.29) is 5.69 Å². The number of halogens is 1. The van der Waals surface area contributed by atoms with Crippen molar-refractivity contribution in [2.24, 2.45) is 0 Å². The molecule has 2 N–H and O–H groups in total. The van der Waals surface area contributed by atoms with E-state index in [1.165, 1.54) is 19.1 Å². The van der Waals surface area contributed by atoms with Crippen LogP contribution in [-0.4, -0.2) is 27.5 Å². The predicted molar refractivity (Wildman–Crippen MR) is 74.8 cm³/mol. The fraction of sp³-hybridized carbons (Fsp3) is 0.533. The minimum atomic E-state index is -1.52. The zero-order valence-electron chi connectivity index (χ0n) is 11.9. The van der Waals surface area contributed by atoms with Crippen LogP contribution in [0.2, 0.25) is 0 Å². The number of aliphatic hydroxyl groups is 1. The molecule has 1 aliphatic heterocycles. The van der Waals surface area contributed by atoms with E-state index in [4.69, 9.17) is 4.74 Å². The summed E-state index contributed by atoms with van der Waals surface area (Å²) in [6.45, 7) is 1.54. The van der Waals surface area contributed by atoms with Gasteiger partial charge in [0.05, 0.1) is 5.69 Å². The summed E-state index contributed by atoms with van der Waals surface area (Å²) in [4.78, 5) is 12.1. The molecule has 1 unspecified atom stereocenters. The van der Waals surface area contributed by atoms with Crippen LogP contribution >= 0.6 is 0 Å². The molecule has 114 valence electrons. The van der Waals surface area contributed by atoms with Crippen LogP contribution in [0.4, 0.5) is 14.9 Å². The van der Waals surface area contributed by atoms with Crippen LogP contribution in [0.1, 0.15) is 39.0 Å². The monoisotopic (exact) mass is 294 g/mol. The Labute approximate surface area is 122 Å². The summed E-state index contributed by atoms with van der Waals surface area (Å²) >= 11 is 0. The number of hydrogen-bond donors (Lipinski definition) is 2. The molecule has 1 saturated heterocycles. The van der Waals surface area contributed by atoms with Crippen LogP contribution in [0.15, 0.2) is 24.3 Å². The zero-order valence-corrected chi connectivity index (χ0v) is 11.9. The Balaban J connectivity index is 1.89. The van der Waals surface area contributed by atoms with Gasteiger partial charge in [-0.15, -0.1) is 0 Å².